The van der Waals surface area contributed by atoms with Crippen LogP contribution in [0.2, 0.25) is 0 Å². The Morgan fingerprint density at radius 3 is 2.56 bits per heavy atom. The predicted molar refractivity (Wildman–Crippen MR) is 85.4 cm³/mol. The Kier molecular flexibility index (Phi) is 3.84. The van der Waals surface area contributed by atoms with E-state index < -0.39 is 12.0 Å². The Balaban J connectivity index is 1.50. The number of likely N-dealkylation sites (tertiary alicyclic amines) is 1. The van der Waals surface area contributed by atoms with Crippen molar-refractivity contribution >= 4 is 23.5 Å². The van der Waals surface area contributed by atoms with Crippen LogP contribution in [-0.4, -0.2) is 53.7 Å². The van der Waals surface area contributed by atoms with Gasteiger partial charge in [0.1, 0.15) is 0 Å². The van der Waals surface area contributed by atoms with E-state index in [1.807, 2.05) is 4.90 Å². The number of amides is 2. The summed E-state index contributed by atoms with van der Waals surface area (Å²) < 4.78 is 10.6. The van der Waals surface area contributed by atoms with E-state index in [0.29, 0.717) is 43.1 Å². The normalized spacial score (nSPS) is 24.2. The molecule has 2 saturated heterocycles. The summed E-state index contributed by atoms with van der Waals surface area (Å²) in [5.74, 6) is -0.574. The summed E-state index contributed by atoms with van der Waals surface area (Å²) in [6.45, 7) is 1.15. The van der Waals surface area contributed by atoms with Crippen molar-refractivity contribution in [3.8, 4) is 11.5 Å². The molecule has 1 aromatic rings. The molecule has 0 spiro atoms. The van der Waals surface area contributed by atoms with Gasteiger partial charge in [0.05, 0.1) is 24.1 Å². The predicted octanol–water partition coefficient (Wildman–Crippen LogP) is 0.844. The molecule has 3 aliphatic rings. The molecule has 4 rings (SSSR count). The van der Waals surface area contributed by atoms with Crippen molar-refractivity contribution in [2.75, 3.05) is 24.8 Å². The lowest BCUT2D eigenvalue weighted by atomic mass is 9.96. The maximum atomic E-state index is 12.8. The van der Waals surface area contributed by atoms with Gasteiger partial charge < -0.3 is 14.6 Å². The molecule has 0 aromatic heterocycles. The van der Waals surface area contributed by atoms with Gasteiger partial charge in [0, 0.05) is 6.07 Å². The zero-order chi connectivity index (χ0) is 17.6. The van der Waals surface area contributed by atoms with E-state index in [9.17, 15) is 14.4 Å². The second kappa shape index (κ2) is 6.03. The molecule has 132 valence electrons. The van der Waals surface area contributed by atoms with Gasteiger partial charge in [0.15, 0.2) is 11.5 Å². The highest BCUT2D eigenvalue weighted by Crippen LogP contribution is 2.37. The van der Waals surface area contributed by atoms with Crippen LogP contribution in [0.25, 0.3) is 0 Å². The number of imide groups is 1. The molecule has 0 saturated carbocycles. The van der Waals surface area contributed by atoms with Gasteiger partial charge in [-0.1, -0.05) is 0 Å². The third-order valence-electron chi connectivity index (χ3n) is 5.06. The molecule has 25 heavy (non-hydrogen) atoms. The maximum Gasteiger partial charge on any atom is 0.306 e. The molecule has 8 heteroatoms. The fraction of sp³-hybridized carbons (Fsp3) is 0.471. The molecule has 3 heterocycles. The van der Waals surface area contributed by atoms with Crippen LogP contribution in [0.3, 0.4) is 0 Å². The first-order valence-corrected chi connectivity index (χ1v) is 8.28. The van der Waals surface area contributed by atoms with Gasteiger partial charge in [0.2, 0.25) is 12.7 Å². The number of hydrogen-bond donors (Lipinski definition) is 1. The van der Waals surface area contributed by atoms with E-state index in [-0.39, 0.29) is 30.9 Å². The zero-order valence-electron chi connectivity index (χ0n) is 13.5. The van der Waals surface area contributed by atoms with Crippen molar-refractivity contribution in [1.29, 1.82) is 0 Å². The average molecular weight is 346 g/mol. The number of aliphatic carboxylic acids is 1. The Labute approximate surface area is 143 Å². The number of carbonyl (C=O) groups is 3. The number of fused-ring (bicyclic) bond motifs is 1. The van der Waals surface area contributed by atoms with Gasteiger partial charge >= 0.3 is 5.97 Å². The van der Waals surface area contributed by atoms with Gasteiger partial charge in [-0.05, 0) is 38.1 Å². The fourth-order valence-electron chi connectivity index (χ4n) is 3.65. The summed E-state index contributed by atoms with van der Waals surface area (Å²) in [7, 11) is 0. The molecule has 0 aliphatic carbocycles. The molecule has 0 bridgehead atoms. The summed E-state index contributed by atoms with van der Waals surface area (Å²) in [6.07, 6.45) is 1.11. The smallest absolute Gasteiger partial charge is 0.306 e. The Morgan fingerprint density at radius 1 is 1.12 bits per heavy atom. The number of benzene rings is 1. The van der Waals surface area contributed by atoms with Crippen molar-refractivity contribution in [3.63, 3.8) is 0 Å². The van der Waals surface area contributed by atoms with E-state index in [2.05, 4.69) is 0 Å². The molecule has 1 N–H and O–H groups in total. The first-order valence-electron chi connectivity index (χ1n) is 8.28. The number of ether oxygens (including phenoxy) is 2. The van der Waals surface area contributed by atoms with Gasteiger partial charge in [-0.25, -0.2) is 4.90 Å². The van der Waals surface area contributed by atoms with Crippen molar-refractivity contribution < 1.29 is 29.0 Å². The third-order valence-corrected chi connectivity index (χ3v) is 5.06. The number of piperidine rings is 1. The van der Waals surface area contributed by atoms with Crippen LogP contribution in [0, 0.1) is 5.92 Å². The molecule has 0 unspecified atom stereocenters. The van der Waals surface area contributed by atoms with Crippen LogP contribution in [-0.2, 0) is 14.4 Å². The summed E-state index contributed by atoms with van der Waals surface area (Å²) in [6, 6.07) is 4.47. The largest absolute Gasteiger partial charge is 0.481 e. The number of anilines is 1. The van der Waals surface area contributed by atoms with E-state index >= 15 is 0 Å². The highest BCUT2D eigenvalue weighted by molar-refractivity contribution is 6.22. The van der Waals surface area contributed by atoms with Crippen LogP contribution >= 0.6 is 0 Å². The van der Waals surface area contributed by atoms with E-state index in [1.165, 1.54) is 4.90 Å². The number of carboxylic acid groups (broad SMARTS) is 1. The first-order chi connectivity index (χ1) is 12.0. The Bertz CT molecular complexity index is 741. The number of nitrogens with zero attached hydrogens (tertiary/aromatic N) is 2. The number of rotatable bonds is 3. The van der Waals surface area contributed by atoms with Crippen molar-refractivity contribution in [2.24, 2.45) is 5.92 Å². The second-order valence-electron chi connectivity index (χ2n) is 6.47. The summed E-state index contributed by atoms with van der Waals surface area (Å²) >= 11 is 0. The molecular formula is C17H18N2O6. The van der Waals surface area contributed by atoms with Crippen molar-refractivity contribution in [1.82, 2.24) is 4.90 Å². The highest BCUT2D eigenvalue weighted by atomic mass is 16.7. The molecule has 1 aromatic carbocycles. The second-order valence-corrected chi connectivity index (χ2v) is 6.47. The Morgan fingerprint density at radius 2 is 1.84 bits per heavy atom. The van der Waals surface area contributed by atoms with E-state index in [4.69, 9.17) is 14.6 Å². The minimum absolute atomic E-state index is 0.116. The minimum atomic E-state index is -0.796. The fourth-order valence-corrected chi connectivity index (χ4v) is 3.65. The van der Waals surface area contributed by atoms with E-state index in [0.717, 1.165) is 0 Å². The quantitative estimate of drug-likeness (QED) is 0.810. The molecule has 8 nitrogen and oxygen atoms in total. The van der Waals surface area contributed by atoms with E-state index in [1.54, 1.807) is 18.2 Å². The highest BCUT2D eigenvalue weighted by Gasteiger charge is 2.44. The molecule has 0 radical (unpaired) electrons. The molecule has 2 amide bonds. The van der Waals surface area contributed by atoms with Crippen LogP contribution < -0.4 is 14.4 Å². The lowest BCUT2D eigenvalue weighted by Gasteiger charge is -2.33. The number of hydrogen-bond acceptors (Lipinski definition) is 6. The van der Waals surface area contributed by atoms with Crippen molar-refractivity contribution in [3.05, 3.63) is 18.2 Å². The molecular weight excluding hydrogens is 328 g/mol. The topological polar surface area (TPSA) is 96.4 Å². The SMILES string of the molecule is O=C(O)C1CCN([C@@H]2CC(=O)N(c3ccc4c(c3)OCO4)C2=O)CC1. The van der Waals surface area contributed by atoms with Crippen LogP contribution in [0.15, 0.2) is 18.2 Å². The first kappa shape index (κ1) is 15.9. The average Bonchev–Trinajstić information content (AvgIpc) is 3.18. The zero-order valence-corrected chi connectivity index (χ0v) is 13.5. The van der Waals surface area contributed by atoms with Crippen LogP contribution in [0.5, 0.6) is 11.5 Å². The maximum absolute atomic E-state index is 12.8. The standard InChI is InChI=1S/C17H18N2O6/c20-15-8-12(18-5-3-10(4-6-18)17(22)23)16(21)19(15)11-1-2-13-14(7-11)25-9-24-13/h1-2,7,10,12H,3-6,8-9H2,(H,22,23)/t12-/m1/s1. The van der Waals surface area contributed by atoms with Crippen molar-refractivity contribution in [2.45, 2.75) is 25.3 Å². The lowest BCUT2D eigenvalue weighted by Crippen LogP contribution is -2.46. The third kappa shape index (κ3) is 2.72. The minimum Gasteiger partial charge on any atom is -0.481 e. The monoisotopic (exact) mass is 346 g/mol. The van der Waals surface area contributed by atoms with Crippen LogP contribution in [0.1, 0.15) is 19.3 Å². The number of carbonyl (C=O) groups excluding carboxylic acids is 2. The lowest BCUT2D eigenvalue weighted by molar-refractivity contribution is -0.143. The van der Waals surface area contributed by atoms with Gasteiger partial charge in [-0.3, -0.25) is 19.3 Å². The molecule has 2 fully saturated rings. The Hall–Kier alpha value is -2.61. The summed E-state index contributed by atoms with van der Waals surface area (Å²) in [4.78, 5) is 39.4. The van der Waals surface area contributed by atoms with Crippen LogP contribution in [0.4, 0.5) is 5.69 Å². The van der Waals surface area contributed by atoms with Gasteiger partial charge in [-0.2, -0.15) is 0 Å². The van der Waals surface area contributed by atoms with Gasteiger partial charge in [0.25, 0.3) is 5.91 Å². The number of carboxylic acids is 1. The van der Waals surface area contributed by atoms with Gasteiger partial charge in [-0.15, -0.1) is 0 Å². The summed E-state index contributed by atoms with van der Waals surface area (Å²) in [5.41, 5.74) is 0.474. The molecule has 1 atom stereocenters. The molecule has 3 aliphatic heterocycles. The summed E-state index contributed by atoms with van der Waals surface area (Å²) in [5, 5.41) is 9.08.